The second kappa shape index (κ2) is 6.01. The van der Waals surface area contributed by atoms with Crippen molar-refractivity contribution in [2.45, 2.75) is 26.3 Å². The molecule has 1 aliphatic heterocycles. The van der Waals surface area contributed by atoms with Crippen LogP contribution in [0.4, 0.5) is 0 Å². The molecule has 90 valence electrons. The molecular formula is C12H22N4. The lowest BCUT2D eigenvalue weighted by atomic mass is 9.97. The number of hydrogen-bond donors (Lipinski definition) is 2. The van der Waals surface area contributed by atoms with Crippen LogP contribution in [-0.2, 0) is 6.54 Å². The summed E-state index contributed by atoms with van der Waals surface area (Å²) in [6, 6.07) is 0. The average Bonchev–Trinajstić information content (AvgIpc) is 2.81. The normalized spacial score (nSPS) is 19.1. The van der Waals surface area contributed by atoms with Crippen LogP contribution in [0.5, 0.6) is 0 Å². The molecular weight excluding hydrogens is 200 g/mol. The van der Waals surface area contributed by atoms with Gasteiger partial charge in [-0.15, -0.1) is 0 Å². The van der Waals surface area contributed by atoms with Gasteiger partial charge < -0.3 is 10.3 Å². The van der Waals surface area contributed by atoms with E-state index >= 15 is 0 Å². The van der Waals surface area contributed by atoms with Crippen LogP contribution in [0.2, 0.25) is 0 Å². The molecule has 0 aliphatic carbocycles. The third kappa shape index (κ3) is 3.32. The smallest absolute Gasteiger partial charge is 0.0922 e. The summed E-state index contributed by atoms with van der Waals surface area (Å²) in [4.78, 5) is 9.73. The molecule has 4 nitrogen and oxygen atoms in total. The molecule has 2 rings (SSSR count). The fourth-order valence-electron chi connectivity index (χ4n) is 2.31. The molecule has 1 fully saturated rings. The predicted molar refractivity (Wildman–Crippen MR) is 65.1 cm³/mol. The van der Waals surface area contributed by atoms with E-state index in [0.717, 1.165) is 19.0 Å². The highest BCUT2D eigenvalue weighted by Crippen LogP contribution is 2.17. The fourth-order valence-corrected chi connectivity index (χ4v) is 2.31. The van der Waals surface area contributed by atoms with E-state index in [0.29, 0.717) is 0 Å². The molecule has 2 heterocycles. The first kappa shape index (κ1) is 11.6. The Balaban J connectivity index is 1.69. The minimum absolute atomic E-state index is 0.873. The summed E-state index contributed by atoms with van der Waals surface area (Å²) in [6.07, 6.45) is 6.32. The Morgan fingerprint density at radius 2 is 2.31 bits per heavy atom. The van der Waals surface area contributed by atoms with Gasteiger partial charge in [-0.25, -0.2) is 4.98 Å². The molecule has 0 saturated carbocycles. The van der Waals surface area contributed by atoms with E-state index in [1.165, 1.54) is 38.2 Å². The molecule has 0 aromatic carbocycles. The first-order valence-electron chi connectivity index (χ1n) is 6.28. The third-order valence-electron chi connectivity index (χ3n) is 3.34. The maximum Gasteiger partial charge on any atom is 0.0922 e. The molecule has 16 heavy (non-hydrogen) atoms. The summed E-state index contributed by atoms with van der Waals surface area (Å²) in [6.45, 7) is 7.91. The summed E-state index contributed by atoms with van der Waals surface area (Å²) in [5.41, 5.74) is 1.23. The van der Waals surface area contributed by atoms with E-state index in [2.05, 4.69) is 27.1 Å². The highest BCUT2D eigenvalue weighted by atomic mass is 15.1. The number of aromatic amines is 1. The van der Waals surface area contributed by atoms with Crippen molar-refractivity contribution in [2.24, 2.45) is 5.92 Å². The maximum absolute atomic E-state index is 4.05. The monoisotopic (exact) mass is 222 g/mol. The number of likely N-dealkylation sites (tertiary alicyclic amines) is 1. The van der Waals surface area contributed by atoms with Crippen LogP contribution < -0.4 is 5.32 Å². The highest BCUT2D eigenvalue weighted by Gasteiger charge is 2.18. The van der Waals surface area contributed by atoms with Crippen LogP contribution in [0.1, 0.15) is 25.5 Å². The molecule has 0 amide bonds. The van der Waals surface area contributed by atoms with E-state index in [-0.39, 0.29) is 0 Å². The highest BCUT2D eigenvalue weighted by molar-refractivity contribution is 4.94. The maximum atomic E-state index is 4.05. The number of piperidine rings is 1. The summed E-state index contributed by atoms with van der Waals surface area (Å²) >= 11 is 0. The molecule has 0 unspecified atom stereocenters. The number of imidazole rings is 1. The third-order valence-corrected chi connectivity index (χ3v) is 3.34. The van der Waals surface area contributed by atoms with Gasteiger partial charge in [0.2, 0.25) is 0 Å². The van der Waals surface area contributed by atoms with Crippen LogP contribution in [0, 0.1) is 5.92 Å². The van der Waals surface area contributed by atoms with Gasteiger partial charge in [-0.2, -0.15) is 0 Å². The van der Waals surface area contributed by atoms with Crippen molar-refractivity contribution in [3.63, 3.8) is 0 Å². The standard InChI is InChI=1S/C12H22N4/c1-2-13-7-11-3-5-16(6-4-11)9-12-8-14-10-15-12/h8,10-11,13H,2-7,9H2,1H3,(H,14,15). The minimum Gasteiger partial charge on any atom is -0.347 e. The van der Waals surface area contributed by atoms with Gasteiger partial charge >= 0.3 is 0 Å². The van der Waals surface area contributed by atoms with Crippen LogP contribution in [0.15, 0.2) is 12.5 Å². The number of H-pyrrole nitrogens is 1. The van der Waals surface area contributed by atoms with Crippen molar-refractivity contribution in [1.82, 2.24) is 20.2 Å². The number of hydrogen-bond acceptors (Lipinski definition) is 3. The van der Waals surface area contributed by atoms with Crippen molar-refractivity contribution in [2.75, 3.05) is 26.2 Å². The molecule has 2 N–H and O–H groups in total. The topological polar surface area (TPSA) is 44.0 Å². The Bertz CT molecular complexity index is 275. The average molecular weight is 222 g/mol. The Morgan fingerprint density at radius 3 is 2.94 bits per heavy atom. The van der Waals surface area contributed by atoms with E-state index in [4.69, 9.17) is 0 Å². The van der Waals surface area contributed by atoms with E-state index < -0.39 is 0 Å². The van der Waals surface area contributed by atoms with Crippen molar-refractivity contribution in [3.05, 3.63) is 18.2 Å². The molecule has 0 spiro atoms. The Kier molecular flexibility index (Phi) is 4.36. The van der Waals surface area contributed by atoms with Crippen LogP contribution in [0.3, 0.4) is 0 Å². The second-order valence-corrected chi connectivity index (χ2v) is 4.60. The minimum atomic E-state index is 0.873. The Morgan fingerprint density at radius 1 is 1.50 bits per heavy atom. The molecule has 4 heteroatoms. The number of nitrogens with one attached hydrogen (secondary N) is 2. The van der Waals surface area contributed by atoms with Crippen molar-refractivity contribution >= 4 is 0 Å². The van der Waals surface area contributed by atoms with Crippen LogP contribution >= 0.6 is 0 Å². The first-order valence-corrected chi connectivity index (χ1v) is 6.28. The van der Waals surface area contributed by atoms with E-state index in [1.807, 2.05) is 6.20 Å². The summed E-state index contributed by atoms with van der Waals surface area (Å²) in [7, 11) is 0. The van der Waals surface area contributed by atoms with E-state index in [9.17, 15) is 0 Å². The van der Waals surface area contributed by atoms with Crippen LogP contribution in [-0.4, -0.2) is 41.0 Å². The van der Waals surface area contributed by atoms with Gasteiger partial charge in [0.25, 0.3) is 0 Å². The molecule has 0 bridgehead atoms. The van der Waals surface area contributed by atoms with Gasteiger partial charge in [0.1, 0.15) is 0 Å². The van der Waals surface area contributed by atoms with Gasteiger partial charge in [-0.05, 0) is 44.9 Å². The fraction of sp³-hybridized carbons (Fsp3) is 0.750. The van der Waals surface area contributed by atoms with Crippen LogP contribution in [0.25, 0.3) is 0 Å². The molecule has 1 aliphatic rings. The summed E-state index contributed by atoms with van der Waals surface area (Å²) in [5.74, 6) is 0.873. The lowest BCUT2D eigenvalue weighted by Gasteiger charge is -2.31. The molecule has 1 aromatic heterocycles. The molecule has 0 radical (unpaired) electrons. The lowest BCUT2D eigenvalue weighted by Crippen LogP contribution is -2.36. The Hall–Kier alpha value is -0.870. The number of aromatic nitrogens is 2. The SMILES string of the molecule is CCNCC1CCN(Cc2cnc[nH]2)CC1. The van der Waals surface area contributed by atoms with Gasteiger partial charge in [-0.1, -0.05) is 6.92 Å². The number of nitrogens with zero attached hydrogens (tertiary/aromatic N) is 2. The second-order valence-electron chi connectivity index (χ2n) is 4.60. The molecule has 0 atom stereocenters. The zero-order valence-electron chi connectivity index (χ0n) is 10.1. The van der Waals surface area contributed by atoms with Gasteiger partial charge in [-0.3, -0.25) is 4.90 Å². The molecule has 1 saturated heterocycles. The van der Waals surface area contributed by atoms with Crippen molar-refractivity contribution < 1.29 is 0 Å². The molecule has 1 aromatic rings. The number of rotatable bonds is 5. The van der Waals surface area contributed by atoms with Crippen molar-refractivity contribution in [3.8, 4) is 0 Å². The largest absolute Gasteiger partial charge is 0.347 e. The van der Waals surface area contributed by atoms with Gasteiger partial charge in [0, 0.05) is 18.4 Å². The predicted octanol–water partition coefficient (Wildman–Crippen LogP) is 1.23. The zero-order valence-corrected chi connectivity index (χ0v) is 10.1. The van der Waals surface area contributed by atoms with Crippen molar-refractivity contribution in [1.29, 1.82) is 0 Å². The van der Waals surface area contributed by atoms with Gasteiger partial charge in [0.15, 0.2) is 0 Å². The first-order chi connectivity index (χ1) is 7.88. The summed E-state index contributed by atoms with van der Waals surface area (Å²) in [5, 5.41) is 3.44. The summed E-state index contributed by atoms with van der Waals surface area (Å²) < 4.78 is 0. The zero-order chi connectivity index (χ0) is 11.2. The van der Waals surface area contributed by atoms with Gasteiger partial charge in [0.05, 0.1) is 6.33 Å². The lowest BCUT2D eigenvalue weighted by molar-refractivity contribution is 0.174. The Labute approximate surface area is 97.4 Å². The quantitative estimate of drug-likeness (QED) is 0.787. The van der Waals surface area contributed by atoms with E-state index in [1.54, 1.807) is 6.33 Å².